The van der Waals surface area contributed by atoms with Gasteiger partial charge in [0, 0.05) is 0 Å². The number of rotatable bonds is 2. The van der Waals surface area contributed by atoms with Crippen molar-refractivity contribution < 1.29 is 33.6 Å². The average molecular weight is 243 g/mol. The standard InChI is InChI=1S/C6H13NO7S/c7-2-3(9)4(10)6(14-5(2)11)15(12,13)1-8/h2-6,8-11H,1,7H2/t2-,3-,4+,5+,6-/m1/s1. The van der Waals surface area contributed by atoms with Gasteiger partial charge in [-0.2, -0.15) is 0 Å². The second-order valence-corrected chi connectivity index (χ2v) is 5.29. The second kappa shape index (κ2) is 4.29. The zero-order valence-electron chi connectivity index (χ0n) is 7.59. The lowest BCUT2D eigenvalue weighted by atomic mass is 10.0. The van der Waals surface area contributed by atoms with E-state index in [4.69, 9.17) is 15.9 Å². The van der Waals surface area contributed by atoms with E-state index < -0.39 is 45.8 Å². The molecule has 1 rings (SSSR count). The van der Waals surface area contributed by atoms with Crippen LogP contribution < -0.4 is 5.73 Å². The first-order valence-corrected chi connectivity index (χ1v) is 5.80. The highest BCUT2D eigenvalue weighted by atomic mass is 32.2. The third kappa shape index (κ3) is 2.28. The molecule has 5 atom stereocenters. The normalized spacial score (nSPS) is 42.9. The molecule has 15 heavy (non-hydrogen) atoms. The van der Waals surface area contributed by atoms with Crippen LogP contribution in [0.5, 0.6) is 0 Å². The molecule has 1 aliphatic heterocycles. The first kappa shape index (κ1) is 12.8. The third-order valence-corrected chi connectivity index (χ3v) is 3.62. The van der Waals surface area contributed by atoms with Crippen molar-refractivity contribution in [2.24, 2.45) is 5.73 Å². The van der Waals surface area contributed by atoms with E-state index in [2.05, 4.69) is 4.74 Å². The maximum Gasteiger partial charge on any atom is 0.203 e. The summed E-state index contributed by atoms with van der Waals surface area (Å²) in [6.07, 6.45) is -5.16. The Hall–Kier alpha value is -0.290. The van der Waals surface area contributed by atoms with Gasteiger partial charge in [0.05, 0.1) is 6.04 Å². The topological polar surface area (TPSA) is 150 Å². The number of aliphatic hydroxyl groups excluding tert-OH is 4. The smallest absolute Gasteiger partial charge is 0.203 e. The van der Waals surface area contributed by atoms with Crippen molar-refractivity contribution in [2.75, 3.05) is 5.94 Å². The Kier molecular flexibility index (Phi) is 3.66. The van der Waals surface area contributed by atoms with Gasteiger partial charge in [0.25, 0.3) is 0 Å². The summed E-state index contributed by atoms with van der Waals surface area (Å²) in [6.45, 7) is 0. The van der Waals surface area contributed by atoms with Crippen molar-refractivity contribution in [3.05, 3.63) is 0 Å². The summed E-state index contributed by atoms with van der Waals surface area (Å²) < 4.78 is 26.8. The van der Waals surface area contributed by atoms with Crippen molar-refractivity contribution in [2.45, 2.75) is 30.0 Å². The molecule has 0 bridgehead atoms. The van der Waals surface area contributed by atoms with Gasteiger partial charge in [-0.05, 0) is 0 Å². The Morgan fingerprint density at radius 1 is 1.20 bits per heavy atom. The van der Waals surface area contributed by atoms with Gasteiger partial charge in [0.15, 0.2) is 11.7 Å². The first-order valence-electron chi connectivity index (χ1n) is 4.09. The van der Waals surface area contributed by atoms with Crippen molar-refractivity contribution in [1.82, 2.24) is 0 Å². The lowest BCUT2D eigenvalue weighted by Crippen LogP contribution is -2.62. The van der Waals surface area contributed by atoms with E-state index in [9.17, 15) is 18.6 Å². The van der Waals surface area contributed by atoms with Crippen LogP contribution in [0, 0.1) is 0 Å². The summed E-state index contributed by atoms with van der Waals surface area (Å²) in [5.74, 6) is -1.26. The number of hydrogen-bond donors (Lipinski definition) is 5. The molecule has 1 fully saturated rings. The molecule has 1 saturated heterocycles. The van der Waals surface area contributed by atoms with Gasteiger partial charge in [-0.25, -0.2) is 8.42 Å². The highest BCUT2D eigenvalue weighted by Gasteiger charge is 2.47. The SMILES string of the molecule is N[C@@H]1[C@@H](O)[C@H](O)[C@@H](S(=O)(=O)CO)O[C@@H]1O. The lowest BCUT2D eigenvalue weighted by Gasteiger charge is -2.38. The van der Waals surface area contributed by atoms with E-state index in [-0.39, 0.29) is 0 Å². The van der Waals surface area contributed by atoms with Gasteiger partial charge in [-0.1, -0.05) is 0 Å². The van der Waals surface area contributed by atoms with Gasteiger partial charge >= 0.3 is 0 Å². The lowest BCUT2D eigenvalue weighted by molar-refractivity contribution is -0.219. The summed E-state index contributed by atoms with van der Waals surface area (Å²) in [7, 11) is -4.15. The summed E-state index contributed by atoms with van der Waals surface area (Å²) >= 11 is 0. The van der Waals surface area contributed by atoms with E-state index in [1.54, 1.807) is 0 Å². The zero-order valence-corrected chi connectivity index (χ0v) is 8.41. The molecule has 0 amide bonds. The van der Waals surface area contributed by atoms with Crippen molar-refractivity contribution in [3.8, 4) is 0 Å². The Labute approximate surface area is 85.8 Å². The number of sulfone groups is 1. The summed E-state index contributed by atoms with van der Waals surface area (Å²) in [6, 6.07) is -1.30. The van der Waals surface area contributed by atoms with Crippen LogP contribution in [0.1, 0.15) is 0 Å². The molecule has 8 nitrogen and oxygen atoms in total. The second-order valence-electron chi connectivity index (χ2n) is 3.25. The third-order valence-electron chi connectivity index (χ3n) is 2.16. The monoisotopic (exact) mass is 243 g/mol. The Morgan fingerprint density at radius 3 is 2.20 bits per heavy atom. The number of hydrogen-bond acceptors (Lipinski definition) is 8. The molecule has 9 heteroatoms. The predicted molar refractivity (Wildman–Crippen MR) is 46.9 cm³/mol. The highest BCUT2D eigenvalue weighted by Crippen LogP contribution is 2.22. The number of aliphatic hydroxyl groups is 4. The molecule has 0 radical (unpaired) electrons. The molecule has 0 saturated carbocycles. The van der Waals surface area contributed by atoms with Gasteiger partial charge in [0.2, 0.25) is 9.84 Å². The summed E-state index contributed by atoms with van der Waals surface area (Å²) in [4.78, 5) is 0. The van der Waals surface area contributed by atoms with Crippen LogP contribution in [0.3, 0.4) is 0 Å². The van der Waals surface area contributed by atoms with Crippen molar-refractivity contribution >= 4 is 9.84 Å². The Bertz CT molecular complexity index is 317. The maximum atomic E-state index is 11.2. The largest absolute Gasteiger partial charge is 0.388 e. The molecular formula is C6H13NO7S. The molecule has 0 aliphatic carbocycles. The molecule has 0 aromatic rings. The average Bonchev–Trinajstić information content (AvgIpc) is 2.20. The molecule has 0 unspecified atom stereocenters. The number of nitrogens with two attached hydrogens (primary N) is 1. The molecule has 1 heterocycles. The fourth-order valence-corrected chi connectivity index (χ4v) is 2.25. The zero-order chi connectivity index (χ0) is 11.8. The van der Waals surface area contributed by atoms with Gasteiger partial charge in [0.1, 0.15) is 18.1 Å². The van der Waals surface area contributed by atoms with Crippen molar-refractivity contribution in [1.29, 1.82) is 0 Å². The predicted octanol–water partition coefficient (Wildman–Crippen LogP) is -3.93. The van der Waals surface area contributed by atoms with E-state index in [1.165, 1.54) is 0 Å². The maximum absolute atomic E-state index is 11.2. The minimum absolute atomic E-state index is 1.26. The molecule has 0 aromatic heterocycles. The van der Waals surface area contributed by atoms with Crippen LogP contribution in [0.15, 0.2) is 0 Å². The van der Waals surface area contributed by atoms with E-state index in [0.29, 0.717) is 0 Å². The molecular weight excluding hydrogens is 230 g/mol. The molecule has 6 N–H and O–H groups in total. The quantitative estimate of drug-likeness (QED) is 0.330. The fraction of sp³-hybridized carbons (Fsp3) is 1.00. The van der Waals surface area contributed by atoms with Crippen LogP contribution in [0.2, 0.25) is 0 Å². The van der Waals surface area contributed by atoms with E-state index >= 15 is 0 Å². The number of ether oxygens (including phenoxy) is 1. The van der Waals surface area contributed by atoms with Crippen LogP contribution in [-0.4, -0.2) is 64.8 Å². The van der Waals surface area contributed by atoms with Crippen LogP contribution >= 0.6 is 0 Å². The summed E-state index contributed by atoms with van der Waals surface area (Å²) in [5.41, 5.74) is 3.33. The van der Waals surface area contributed by atoms with Crippen molar-refractivity contribution in [3.63, 3.8) is 0 Å². The van der Waals surface area contributed by atoms with Crippen LogP contribution in [-0.2, 0) is 14.6 Å². The highest BCUT2D eigenvalue weighted by molar-refractivity contribution is 7.91. The van der Waals surface area contributed by atoms with E-state index in [0.717, 1.165) is 0 Å². The molecule has 0 spiro atoms. The minimum atomic E-state index is -4.15. The van der Waals surface area contributed by atoms with Crippen LogP contribution in [0.25, 0.3) is 0 Å². The first-order chi connectivity index (χ1) is 6.81. The van der Waals surface area contributed by atoms with Gasteiger partial charge in [-0.3, -0.25) is 0 Å². The Balaban J connectivity index is 2.94. The Morgan fingerprint density at radius 2 is 1.73 bits per heavy atom. The molecule has 0 aromatic carbocycles. The summed E-state index contributed by atoms with van der Waals surface area (Å²) in [5, 5.41) is 36.3. The molecule has 1 aliphatic rings. The van der Waals surface area contributed by atoms with Gasteiger partial charge < -0.3 is 30.9 Å². The minimum Gasteiger partial charge on any atom is -0.388 e. The van der Waals surface area contributed by atoms with Crippen LogP contribution in [0.4, 0.5) is 0 Å². The molecule has 90 valence electrons. The van der Waals surface area contributed by atoms with E-state index in [1.807, 2.05) is 0 Å². The van der Waals surface area contributed by atoms with Gasteiger partial charge in [-0.15, -0.1) is 0 Å². The fourth-order valence-electron chi connectivity index (χ4n) is 1.24.